The highest BCUT2D eigenvalue weighted by molar-refractivity contribution is 5.04. The predicted molar refractivity (Wildman–Crippen MR) is 158 cm³/mol. The smallest absolute Gasteiger partial charge is 0.136 e. The van der Waals surface area contributed by atoms with Crippen molar-refractivity contribution >= 4 is 0 Å². The highest BCUT2D eigenvalue weighted by atomic mass is 15.0. The fourth-order valence-electron chi connectivity index (χ4n) is 5.09. The molecule has 0 aliphatic heterocycles. The summed E-state index contributed by atoms with van der Waals surface area (Å²) in [5.41, 5.74) is 0. The topological polar surface area (TPSA) is 38.7 Å². The molecule has 0 amide bonds. The maximum absolute atomic E-state index is 4.82. The summed E-state index contributed by atoms with van der Waals surface area (Å²) in [6.07, 6.45) is 37.3. The van der Waals surface area contributed by atoms with Crippen LogP contribution in [0.3, 0.4) is 0 Å². The van der Waals surface area contributed by atoms with E-state index in [9.17, 15) is 0 Å². The van der Waals surface area contributed by atoms with Crippen molar-refractivity contribution in [3.63, 3.8) is 0 Å². The van der Waals surface area contributed by atoms with Gasteiger partial charge in [-0.25, -0.2) is 15.0 Å². The normalized spacial score (nSPS) is 11.4. The van der Waals surface area contributed by atoms with Crippen LogP contribution in [0, 0.1) is 6.42 Å². The average Bonchev–Trinajstić information content (AvgIpc) is 2.89. The Kier molecular flexibility index (Phi) is 23.5. The van der Waals surface area contributed by atoms with Gasteiger partial charge in [0.25, 0.3) is 0 Å². The third-order valence-electron chi connectivity index (χ3n) is 7.51. The van der Waals surface area contributed by atoms with Crippen LogP contribution in [0.1, 0.15) is 192 Å². The predicted octanol–water partition coefficient (Wildman–Crippen LogP) is 10.9. The van der Waals surface area contributed by atoms with E-state index in [0.717, 1.165) is 30.3 Å². The van der Waals surface area contributed by atoms with Crippen LogP contribution in [-0.2, 0) is 12.8 Å². The van der Waals surface area contributed by atoms with Gasteiger partial charge in [-0.1, -0.05) is 162 Å². The van der Waals surface area contributed by atoms with Crippen LogP contribution in [-0.4, -0.2) is 15.0 Å². The molecule has 1 aromatic heterocycles. The quantitative estimate of drug-likeness (QED) is 0.113. The summed E-state index contributed by atoms with van der Waals surface area (Å²) >= 11 is 0. The molecule has 0 aliphatic carbocycles. The Morgan fingerprint density at radius 1 is 0.389 bits per heavy atom. The molecule has 1 rings (SSSR count). The number of hydrogen-bond donors (Lipinski definition) is 0. The fraction of sp³-hybridized carbons (Fsp3) is 0.879. The van der Waals surface area contributed by atoms with Gasteiger partial charge in [0.05, 0.1) is 0 Å². The minimum atomic E-state index is 0.868. The molecule has 0 atom stereocenters. The van der Waals surface area contributed by atoms with E-state index < -0.39 is 0 Å². The van der Waals surface area contributed by atoms with Crippen molar-refractivity contribution in [2.45, 2.75) is 188 Å². The van der Waals surface area contributed by atoms with E-state index in [2.05, 4.69) is 23.8 Å². The standard InChI is InChI=1S/C33H62N3/c1-4-7-9-11-13-15-17-19-21-23-25-27-29-32-34-31(6-3)35-33(36-32)30-28-26-24-22-20-18-16-14-12-10-8-5-2/h6H,4-5,7-30H2,1-3H3. The summed E-state index contributed by atoms with van der Waals surface area (Å²) < 4.78 is 0. The van der Waals surface area contributed by atoms with Gasteiger partial charge in [0.1, 0.15) is 17.5 Å². The summed E-state index contributed by atoms with van der Waals surface area (Å²) in [6.45, 7) is 6.62. The Labute approximate surface area is 226 Å². The van der Waals surface area contributed by atoms with Crippen molar-refractivity contribution in [3.05, 3.63) is 23.9 Å². The lowest BCUT2D eigenvalue weighted by Crippen LogP contribution is -2.07. The molecule has 0 unspecified atom stereocenters. The Hall–Kier alpha value is -0.990. The average molecular weight is 501 g/mol. The van der Waals surface area contributed by atoms with Gasteiger partial charge < -0.3 is 0 Å². The SMILES string of the molecule is C[CH]c1nc(CCCCCCCCCCCCCC)nc(CCCCCCCCCCCCCC)n1. The lowest BCUT2D eigenvalue weighted by atomic mass is 10.0. The van der Waals surface area contributed by atoms with Crippen molar-refractivity contribution in [2.75, 3.05) is 0 Å². The Morgan fingerprint density at radius 3 is 0.944 bits per heavy atom. The second-order valence-electron chi connectivity index (χ2n) is 11.1. The second-order valence-corrected chi connectivity index (χ2v) is 11.1. The van der Waals surface area contributed by atoms with Crippen LogP contribution in [0.15, 0.2) is 0 Å². The Balaban J connectivity index is 2.06. The van der Waals surface area contributed by atoms with Crippen LogP contribution in [0.2, 0.25) is 0 Å². The molecular weight excluding hydrogens is 438 g/mol. The second kappa shape index (κ2) is 25.7. The summed E-state index contributed by atoms with van der Waals surface area (Å²) in [5, 5.41) is 0. The number of unbranched alkanes of at least 4 members (excludes halogenated alkanes) is 22. The van der Waals surface area contributed by atoms with E-state index in [4.69, 9.17) is 4.98 Å². The maximum atomic E-state index is 4.82. The number of aryl methyl sites for hydroxylation is 2. The van der Waals surface area contributed by atoms with Gasteiger partial charge in [-0.05, 0) is 12.8 Å². The molecule has 3 heteroatoms. The molecule has 0 aromatic carbocycles. The minimum absolute atomic E-state index is 0.868. The molecular formula is C33H62N3. The van der Waals surface area contributed by atoms with Crippen molar-refractivity contribution in [3.8, 4) is 0 Å². The molecule has 0 spiro atoms. The van der Waals surface area contributed by atoms with Gasteiger partial charge in [-0.3, -0.25) is 0 Å². The van der Waals surface area contributed by atoms with Crippen LogP contribution in [0.4, 0.5) is 0 Å². The number of hydrogen-bond acceptors (Lipinski definition) is 3. The largest absolute Gasteiger partial charge is 0.218 e. The van der Waals surface area contributed by atoms with Crippen LogP contribution < -0.4 is 0 Å². The van der Waals surface area contributed by atoms with Crippen molar-refractivity contribution in [1.29, 1.82) is 0 Å². The number of rotatable bonds is 27. The van der Waals surface area contributed by atoms with E-state index in [0.29, 0.717) is 0 Å². The van der Waals surface area contributed by atoms with E-state index in [-0.39, 0.29) is 0 Å². The van der Waals surface area contributed by atoms with E-state index >= 15 is 0 Å². The molecule has 3 nitrogen and oxygen atoms in total. The van der Waals surface area contributed by atoms with Crippen LogP contribution in [0.5, 0.6) is 0 Å². The summed E-state index contributed by atoms with van der Waals surface area (Å²) in [5.74, 6) is 2.89. The molecule has 0 saturated carbocycles. The molecule has 1 radical (unpaired) electrons. The lowest BCUT2D eigenvalue weighted by Gasteiger charge is -2.07. The molecule has 1 heterocycles. The zero-order valence-electron chi connectivity index (χ0n) is 24.8. The van der Waals surface area contributed by atoms with E-state index in [1.54, 1.807) is 0 Å². The zero-order chi connectivity index (χ0) is 25.9. The first kappa shape index (κ1) is 33.0. The summed E-state index contributed by atoms with van der Waals surface area (Å²) in [4.78, 5) is 14.2. The Bertz CT molecular complexity index is 540. The molecule has 1 aromatic rings. The van der Waals surface area contributed by atoms with E-state index in [1.165, 1.54) is 154 Å². The molecule has 0 aliphatic rings. The Morgan fingerprint density at radius 2 is 0.667 bits per heavy atom. The van der Waals surface area contributed by atoms with Gasteiger partial charge >= 0.3 is 0 Å². The van der Waals surface area contributed by atoms with Crippen LogP contribution in [0.25, 0.3) is 0 Å². The highest BCUT2D eigenvalue weighted by Crippen LogP contribution is 2.15. The van der Waals surface area contributed by atoms with Gasteiger partial charge in [0, 0.05) is 19.3 Å². The fourth-order valence-corrected chi connectivity index (χ4v) is 5.09. The van der Waals surface area contributed by atoms with Crippen molar-refractivity contribution < 1.29 is 0 Å². The number of nitrogens with zero attached hydrogens (tertiary/aromatic N) is 3. The summed E-state index contributed by atoms with van der Waals surface area (Å²) in [6, 6.07) is 0. The van der Waals surface area contributed by atoms with Gasteiger partial charge in [-0.2, -0.15) is 0 Å². The third kappa shape index (κ3) is 20.1. The van der Waals surface area contributed by atoms with Crippen molar-refractivity contribution in [1.82, 2.24) is 15.0 Å². The third-order valence-corrected chi connectivity index (χ3v) is 7.51. The molecule has 0 saturated heterocycles. The molecule has 209 valence electrons. The van der Waals surface area contributed by atoms with Crippen LogP contribution >= 0.6 is 0 Å². The highest BCUT2D eigenvalue weighted by Gasteiger charge is 2.06. The number of aromatic nitrogens is 3. The van der Waals surface area contributed by atoms with Crippen molar-refractivity contribution in [2.24, 2.45) is 0 Å². The zero-order valence-corrected chi connectivity index (χ0v) is 24.8. The minimum Gasteiger partial charge on any atom is -0.218 e. The van der Waals surface area contributed by atoms with E-state index in [1.807, 2.05) is 13.3 Å². The van der Waals surface area contributed by atoms with Gasteiger partial charge in [0.15, 0.2) is 0 Å². The summed E-state index contributed by atoms with van der Waals surface area (Å²) in [7, 11) is 0. The van der Waals surface area contributed by atoms with Gasteiger partial charge in [-0.15, -0.1) is 0 Å². The molecule has 0 bridgehead atoms. The first-order chi connectivity index (χ1) is 17.8. The first-order valence-electron chi connectivity index (χ1n) is 16.3. The molecule has 0 N–H and O–H groups in total. The lowest BCUT2D eigenvalue weighted by molar-refractivity contribution is 0.539. The molecule has 36 heavy (non-hydrogen) atoms. The van der Waals surface area contributed by atoms with Gasteiger partial charge in [0.2, 0.25) is 0 Å². The first-order valence-corrected chi connectivity index (χ1v) is 16.3. The monoisotopic (exact) mass is 500 g/mol. The molecule has 0 fully saturated rings. The maximum Gasteiger partial charge on any atom is 0.136 e.